The number of rotatable bonds is 10. The van der Waals surface area contributed by atoms with Crippen molar-refractivity contribution in [2.75, 3.05) is 11.9 Å². The summed E-state index contributed by atoms with van der Waals surface area (Å²) in [7, 11) is 0. The molecule has 0 saturated heterocycles. The van der Waals surface area contributed by atoms with Gasteiger partial charge in [-0.05, 0) is 56.4 Å². The second-order valence-corrected chi connectivity index (χ2v) is 7.04. The van der Waals surface area contributed by atoms with E-state index in [1.807, 2.05) is 38.1 Å². The third-order valence-electron chi connectivity index (χ3n) is 4.58. The van der Waals surface area contributed by atoms with E-state index in [9.17, 15) is 0 Å². The maximum absolute atomic E-state index is 6.36. The summed E-state index contributed by atoms with van der Waals surface area (Å²) in [6.07, 6.45) is 2.30. The fourth-order valence-electron chi connectivity index (χ4n) is 2.86. The molecule has 0 aromatic heterocycles. The molecule has 0 amide bonds. The highest BCUT2D eigenvalue weighted by Crippen LogP contribution is 2.30. The molecule has 3 heteroatoms. The van der Waals surface area contributed by atoms with Crippen LogP contribution in [0.1, 0.15) is 58.9 Å². The standard InChI is InChI=1S/C23H33NO2/c1-6-18(5)20-12-8-10-14-22(20)26-19(7-2)16-24-21-13-9-11-15-23(21)25-17(3)4/h8-15,17-19,24H,6-7,16H2,1-5H3. The van der Waals surface area contributed by atoms with Crippen molar-refractivity contribution in [1.82, 2.24) is 0 Å². The fourth-order valence-corrected chi connectivity index (χ4v) is 2.86. The number of para-hydroxylation sites is 3. The van der Waals surface area contributed by atoms with Crippen LogP contribution in [-0.4, -0.2) is 18.8 Å². The third kappa shape index (κ3) is 5.69. The zero-order chi connectivity index (χ0) is 18.9. The average Bonchev–Trinajstić information content (AvgIpc) is 2.65. The Bertz CT molecular complexity index is 669. The van der Waals surface area contributed by atoms with E-state index in [1.54, 1.807) is 0 Å². The Labute approximate surface area is 158 Å². The van der Waals surface area contributed by atoms with Crippen molar-refractivity contribution in [1.29, 1.82) is 0 Å². The predicted octanol–water partition coefficient (Wildman–Crippen LogP) is 6.26. The van der Waals surface area contributed by atoms with Crippen LogP contribution in [0, 0.1) is 0 Å². The van der Waals surface area contributed by atoms with Gasteiger partial charge in [0.05, 0.1) is 18.3 Å². The second kappa shape index (κ2) is 10.1. The number of hydrogen-bond donors (Lipinski definition) is 1. The maximum atomic E-state index is 6.36. The molecule has 1 N–H and O–H groups in total. The van der Waals surface area contributed by atoms with Crippen LogP contribution in [0.2, 0.25) is 0 Å². The van der Waals surface area contributed by atoms with Crippen LogP contribution in [0.5, 0.6) is 11.5 Å². The van der Waals surface area contributed by atoms with Gasteiger partial charge < -0.3 is 14.8 Å². The van der Waals surface area contributed by atoms with E-state index < -0.39 is 0 Å². The lowest BCUT2D eigenvalue weighted by Gasteiger charge is -2.23. The number of ether oxygens (including phenoxy) is 2. The van der Waals surface area contributed by atoms with E-state index >= 15 is 0 Å². The van der Waals surface area contributed by atoms with Gasteiger partial charge in [-0.1, -0.05) is 51.1 Å². The SMILES string of the molecule is CCC(CNc1ccccc1OC(C)C)Oc1ccccc1C(C)CC. The average molecular weight is 356 g/mol. The highest BCUT2D eigenvalue weighted by Gasteiger charge is 2.15. The first-order valence-corrected chi connectivity index (χ1v) is 9.80. The van der Waals surface area contributed by atoms with Gasteiger partial charge in [0.1, 0.15) is 17.6 Å². The van der Waals surface area contributed by atoms with Gasteiger partial charge in [-0.3, -0.25) is 0 Å². The maximum Gasteiger partial charge on any atom is 0.142 e. The van der Waals surface area contributed by atoms with Crippen LogP contribution in [0.4, 0.5) is 5.69 Å². The number of nitrogens with one attached hydrogen (secondary N) is 1. The van der Waals surface area contributed by atoms with Crippen molar-refractivity contribution in [2.45, 2.75) is 65.6 Å². The summed E-state index contributed by atoms with van der Waals surface area (Å²) in [5.74, 6) is 2.39. The van der Waals surface area contributed by atoms with Crippen LogP contribution in [0.3, 0.4) is 0 Å². The molecule has 142 valence electrons. The van der Waals surface area contributed by atoms with E-state index in [2.05, 4.69) is 50.4 Å². The number of anilines is 1. The normalized spacial score (nSPS) is 13.3. The van der Waals surface area contributed by atoms with E-state index in [4.69, 9.17) is 9.47 Å². The topological polar surface area (TPSA) is 30.5 Å². The van der Waals surface area contributed by atoms with Crippen LogP contribution in [-0.2, 0) is 0 Å². The van der Waals surface area contributed by atoms with Gasteiger partial charge in [0.25, 0.3) is 0 Å². The highest BCUT2D eigenvalue weighted by atomic mass is 16.5. The quantitative estimate of drug-likeness (QED) is 0.546. The molecular formula is C23H33NO2. The van der Waals surface area contributed by atoms with Crippen molar-refractivity contribution in [3.05, 3.63) is 54.1 Å². The lowest BCUT2D eigenvalue weighted by molar-refractivity contribution is 0.206. The lowest BCUT2D eigenvalue weighted by atomic mass is 9.98. The Hall–Kier alpha value is -2.16. The Morgan fingerprint density at radius 3 is 2.12 bits per heavy atom. The van der Waals surface area contributed by atoms with Gasteiger partial charge in [0.15, 0.2) is 0 Å². The zero-order valence-electron chi connectivity index (χ0n) is 16.8. The van der Waals surface area contributed by atoms with Crippen molar-refractivity contribution >= 4 is 5.69 Å². The Morgan fingerprint density at radius 2 is 1.46 bits per heavy atom. The molecule has 2 rings (SSSR count). The van der Waals surface area contributed by atoms with Crippen molar-refractivity contribution < 1.29 is 9.47 Å². The van der Waals surface area contributed by atoms with Crippen molar-refractivity contribution in [3.8, 4) is 11.5 Å². The Kier molecular flexibility index (Phi) is 7.83. The minimum atomic E-state index is 0.104. The summed E-state index contributed by atoms with van der Waals surface area (Å²) in [6.45, 7) is 11.5. The molecule has 0 aliphatic heterocycles. The third-order valence-corrected chi connectivity index (χ3v) is 4.58. The van der Waals surface area contributed by atoms with Crippen molar-refractivity contribution in [2.24, 2.45) is 0 Å². The fraction of sp³-hybridized carbons (Fsp3) is 0.478. The second-order valence-electron chi connectivity index (χ2n) is 7.04. The van der Waals surface area contributed by atoms with Gasteiger partial charge in [-0.2, -0.15) is 0 Å². The Morgan fingerprint density at radius 1 is 0.808 bits per heavy atom. The monoisotopic (exact) mass is 355 g/mol. The molecule has 0 radical (unpaired) electrons. The number of hydrogen-bond acceptors (Lipinski definition) is 3. The first-order chi connectivity index (χ1) is 12.5. The van der Waals surface area contributed by atoms with Gasteiger partial charge in [-0.25, -0.2) is 0 Å². The van der Waals surface area contributed by atoms with Crippen LogP contribution in [0.25, 0.3) is 0 Å². The minimum Gasteiger partial charge on any atom is -0.489 e. The molecule has 0 aliphatic rings. The highest BCUT2D eigenvalue weighted by molar-refractivity contribution is 5.56. The summed E-state index contributed by atoms with van der Waals surface area (Å²) in [5, 5.41) is 3.50. The smallest absolute Gasteiger partial charge is 0.142 e. The van der Waals surface area contributed by atoms with Gasteiger partial charge in [0, 0.05) is 0 Å². The number of benzene rings is 2. The molecule has 0 fully saturated rings. The minimum absolute atomic E-state index is 0.104. The largest absolute Gasteiger partial charge is 0.489 e. The first kappa shape index (κ1) is 20.2. The van der Waals surface area contributed by atoms with Crippen LogP contribution < -0.4 is 14.8 Å². The molecule has 26 heavy (non-hydrogen) atoms. The molecule has 0 aliphatic carbocycles. The predicted molar refractivity (Wildman–Crippen MR) is 111 cm³/mol. The summed E-state index contributed by atoms with van der Waals surface area (Å²) >= 11 is 0. The lowest BCUT2D eigenvalue weighted by Crippen LogP contribution is -2.26. The van der Waals surface area contributed by atoms with Gasteiger partial charge >= 0.3 is 0 Å². The molecule has 3 nitrogen and oxygen atoms in total. The molecule has 2 unspecified atom stereocenters. The molecule has 2 aromatic rings. The first-order valence-electron chi connectivity index (χ1n) is 9.80. The van der Waals surface area contributed by atoms with Crippen molar-refractivity contribution in [3.63, 3.8) is 0 Å². The van der Waals surface area contributed by atoms with Crippen LogP contribution >= 0.6 is 0 Å². The molecule has 0 heterocycles. The van der Waals surface area contributed by atoms with E-state index in [1.165, 1.54) is 5.56 Å². The van der Waals surface area contributed by atoms with E-state index in [0.29, 0.717) is 5.92 Å². The molecular weight excluding hydrogens is 322 g/mol. The molecule has 0 bridgehead atoms. The summed E-state index contributed by atoms with van der Waals surface area (Å²) in [5.41, 5.74) is 2.30. The molecule has 2 atom stereocenters. The van der Waals surface area contributed by atoms with Gasteiger partial charge in [-0.15, -0.1) is 0 Å². The summed E-state index contributed by atoms with van der Waals surface area (Å²) in [6, 6.07) is 16.5. The summed E-state index contributed by atoms with van der Waals surface area (Å²) < 4.78 is 12.2. The molecule has 2 aromatic carbocycles. The van der Waals surface area contributed by atoms with Crippen LogP contribution in [0.15, 0.2) is 48.5 Å². The molecule has 0 saturated carbocycles. The van der Waals surface area contributed by atoms with E-state index in [0.717, 1.165) is 36.6 Å². The summed E-state index contributed by atoms with van der Waals surface area (Å²) in [4.78, 5) is 0. The Balaban J connectivity index is 2.05. The molecule has 0 spiro atoms. The zero-order valence-corrected chi connectivity index (χ0v) is 16.8. The van der Waals surface area contributed by atoms with E-state index in [-0.39, 0.29) is 12.2 Å². The van der Waals surface area contributed by atoms with Gasteiger partial charge in [0.2, 0.25) is 0 Å².